The highest BCUT2D eigenvalue weighted by Gasteiger charge is 2.22. The molecule has 152 valence electrons. The summed E-state index contributed by atoms with van der Waals surface area (Å²) in [5.41, 5.74) is 14.0. The normalized spacial score (nSPS) is 13.1. The molecule has 6 rings (SSSR count). The molecule has 2 N–H and O–H groups in total. The summed E-state index contributed by atoms with van der Waals surface area (Å²) in [6, 6.07) is 12.4. The molecule has 4 aromatic heterocycles. The molecule has 0 aliphatic heterocycles. The number of fused-ring (bicyclic) bond motifs is 2. The van der Waals surface area contributed by atoms with E-state index in [1.165, 1.54) is 17.5 Å². The van der Waals surface area contributed by atoms with E-state index in [4.69, 9.17) is 20.1 Å². The van der Waals surface area contributed by atoms with Gasteiger partial charge in [-0.2, -0.15) is 0 Å². The number of aromatic nitrogens is 5. The van der Waals surface area contributed by atoms with Crippen molar-refractivity contribution in [3.63, 3.8) is 0 Å². The molecular formula is C24H20N6O. The maximum atomic E-state index is 6.25. The van der Waals surface area contributed by atoms with E-state index in [2.05, 4.69) is 32.7 Å². The quantitative estimate of drug-likeness (QED) is 0.472. The number of nitrogens with zero attached hydrogens (tertiary/aromatic N) is 5. The molecule has 0 radical (unpaired) electrons. The highest BCUT2D eigenvalue weighted by Crippen LogP contribution is 2.34. The van der Waals surface area contributed by atoms with Crippen LogP contribution in [0.1, 0.15) is 23.1 Å². The second-order valence-electron chi connectivity index (χ2n) is 7.85. The minimum Gasteiger partial charge on any atom is -0.443 e. The summed E-state index contributed by atoms with van der Waals surface area (Å²) in [7, 11) is 0. The van der Waals surface area contributed by atoms with Crippen LogP contribution in [0.25, 0.3) is 39.8 Å². The van der Waals surface area contributed by atoms with Crippen molar-refractivity contribution in [2.75, 3.05) is 5.73 Å². The molecule has 1 aliphatic rings. The van der Waals surface area contributed by atoms with Crippen molar-refractivity contribution < 1.29 is 4.42 Å². The van der Waals surface area contributed by atoms with Gasteiger partial charge in [0.05, 0.1) is 11.8 Å². The van der Waals surface area contributed by atoms with E-state index < -0.39 is 0 Å². The topological polar surface area (TPSA) is 95.7 Å². The molecule has 7 heteroatoms. The number of nitrogens with two attached hydrogens (primary N) is 1. The van der Waals surface area contributed by atoms with Crippen LogP contribution in [0.2, 0.25) is 0 Å². The first-order valence-corrected chi connectivity index (χ1v) is 10.3. The van der Waals surface area contributed by atoms with Crippen LogP contribution in [0.4, 0.5) is 5.82 Å². The van der Waals surface area contributed by atoms with Gasteiger partial charge in [-0.15, -0.1) is 0 Å². The van der Waals surface area contributed by atoms with Crippen LogP contribution in [0.15, 0.2) is 59.5 Å². The minimum atomic E-state index is 0.436. The molecule has 0 fully saturated rings. The van der Waals surface area contributed by atoms with Gasteiger partial charge < -0.3 is 10.2 Å². The predicted octanol–water partition coefficient (Wildman–Crippen LogP) is 4.52. The van der Waals surface area contributed by atoms with E-state index in [-0.39, 0.29) is 0 Å². The number of imidazole rings is 1. The fourth-order valence-electron chi connectivity index (χ4n) is 4.39. The molecule has 31 heavy (non-hydrogen) atoms. The summed E-state index contributed by atoms with van der Waals surface area (Å²) in [6.45, 7) is 2.02. The van der Waals surface area contributed by atoms with Crippen molar-refractivity contribution in [3.8, 4) is 28.7 Å². The Labute approximate surface area is 178 Å². The number of hydrogen-bond acceptors (Lipinski definition) is 6. The highest BCUT2D eigenvalue weighted by atomic mass is 16.3. The molecule has 0 atom stereocenters. The number of aryl methyl sites for hydroxylation is 3. The number of hydrogen-bond donors (Lipinski definition) is 1. The molecule has 0 amide bonds. The van der Waals surface area contributed by atoms with Crippen LogP contribution < -0.4 is 5.73 Å². The molecule has 0 saturated carbocycles. The Morgan fingerprint density at radius 1 is 1.00 bits per heavy atom. The zero-order valence-electron chi connectivity index (χ0n) is 17.0. The van der Waals surface area contributed by atoms with Gasteiger partial charge in [0.1, 0.15) is 23.3 Å². The smallest absolute Gasteiger partial charge is 0.245 e. The van der Waals surface area contributed by atoms with E-state index in [1.54, 1.807) is 18.7 Å². The lowest BCUT2D eigenvalue weighted by atomic mass is 10.1. The molecule has 1 aliphatic carbocycles. The van der Waals surface area contributed by atoms with Crippen LogP contribution >= 0.6 is 0 Å². The summed E-state index contributed by atoms with van der Waals surface area (Å²) in [4.78, 5) is 18.4. The van der Waals surface area contributed by atoms with E-state index >= 15 is 0 Å². The van der Waals surface area contributed by atoms with Gasteiger partial charge in [0.15, 0.2) is 11.5 Å². The first-order chi connectivity index (χ1) is 15.2. The Kier molecular flexibility index (Phi) is 3.89. The number of rotatable bonds is 3. The van der Waals surface area contributed by atoms with Gasteiger partial charge in [-0.25, -0.2) is 19.9 Å². The van der Waals surface area contributed by atoms with Crippen LogP contribution in [-0.4, -0.2) is 24.5 Å². The van der Waals surface area contributed by atoms with Gasteiger partial charge in [-0.3, -0.25) is 4.57 Å². The lowest BCUT2D eigenvalue weighted by Gasteiger charge is -2.12. The standard InChI is InChI=1S/C24H20N6O/c1-14-12-19(24-27-10-11-31-24)28-23-20(14)29-22(18-6-3-9-26-21(18)25)30(23)17-8-7-15-4-2-5-16(15)13-17/h3,6-13H,2,4-5H2,1H3,(H2,25,26). The maximum absolute atomic E-state index is 6.25. The minimum absolute atomic E-state index is 0.436. The fourth-order valence-corrected chi connectivity index (χ4v) is 4.39. The van der Waals surface area contributed by atoms with E-state index in [0.717, 1.165) is 46.6 Å². The van der Waals surface area contributed by atoms with Crippen LogP contribution in [0.5, 0.6) is 0 Å². The van der Waals surface area contributed by atoms with E-state index in [0.29, 0.717) is 17.4 Å². The average Bonchev–Trinajstić information content (AvgIpc) is 3.52. The van der Waals surface area contributed by atoms with Crippen molar-refractivity contribution in [1.29, 1.82) is 0 Å². The highest BCUT2D eigenvalue weighted by molar-refractivity contribution is 5.86. The third kappa shape index (κ3) is 2.81. The first kappa shape index (κ1) is 17.8. The molecule has 0 unspecified atom stereocenters. The molecule has 0 spiro atoms. The maximum Gasteiger partial charge on any atom is 0.245 e. The van der Waals surface area contributed by atoms with Crippen LogP contribution in [-0.2, 0) is 12.8 Å². The van der Waals surface area contributed by atoms with Gasteiger partial charge >= 0.3 is 0 Å². The van der Waals surface area contributed by atoms with E-state index in [1.807, 2.05) is 25.1 Å². The van der Waals surface area contributed by atoms with Gasteiger partial charge in [0, 0.05) is 11.9 Å². The summed E-state index contributed by atoms with van der Waals surface area (Å²) in [5.74, 6) is 1.64. The summed E-state index contributed by atoms with van der Waals surface area (Å²) >= 11 is 0. The number of pyridine rings is 2. The van der Waals surface area contributed by atoms with Crippen LogP contribution in [0.3, 0.4) is 0 Å². The Morgan fingerprint density at radius 3 is 2.74 bits per heavy atom. The molecule has 5 aromatic rings. The summed E-state index contributed by atoms with van der Waals surface area (Å²) in [6.07, 6.45) is 8.28. The third-order valence-corrected chi connectivity index (χ3v) is 5.88. The molecule has 4 heterocycles. The van der Waals surface area contributed by atoms with Gasteiger partial charge in [0.25, 0.3) is 0 Å². The number of nitrogen functional groups attached to an aromatic ring is 1. The van der Waals surface area contributed by atoms with Crippen molar-refractivity contribution in [2.45, 2.75) is 26.2 Å². The largest absolute Gasteiger partial charge is 0.443 e. The Balaban J connectivity index is 1.68. The van der Waals surface area contributed by atoms with Crippen molar-refractivity contribution in [3.05, 3.63) is 71.7 Å². The zero-order valence-corrected chi connectivity index (χ0v) is 17.0. The molecule has 0 bridgehead atoms. The van der Waals surface area contributed by atoms with Gasteiger partial charge in [-0.05, 0) is 73.2 Å². The summed E-state index contributed by atoms with van der Waals surface area (Å²) < 4.78 is 7.58. The Hall–Kier alpha value is -4.00. The molecular weight excluding hydrogens is 388 g/mol. The van der Waals surface area contributed by atoms with Crippen molar-refractivity contribution in [1.82, 2.24) is 24.5 Å². The second-order valence-corrected chi connectivity index (χ2v) is 7.85. The third-order valence-electron chi connectivity index (χ3n) is 5.88. The number of anilines is 1. The predicted molar refractivity (Wildman–Crippen MR) is 119 cm³/mol. The Morgan fingerprint density at radius 2 is 1.90 bits per heavy atom. The monoisotopic (exact) mass is 408 g/mol. The lowest BCUT2D eigenvalue weighted by molar-refractivity contribution is 0.572. The number of oxazole rings is 1. The summed E-state index contributed by atoms with van der Waals surface area (Å²) in [5, 5.41) is 0. The van der Waals surface area contributed by atoms with Crippen molar-refractivity contribution in [2.24, 2.45) is 0 Å². The van der Waals surface area contributed by atoms with Crippen LogP contribution in [0, 0.1) is 6.92 Å². The first-order valence-electron chi connectivity index (χ1n) is 10.3. The molecule has 7 nitrogen and oxygen atoms in total. The molecule has 0 saturated heterocycles. The van der Waals surface area contributed by atoms with Crippen molar-refractivity contribution >= 4 is 17.0 Å². The van der Waals surface area contributed by atoms with Gasteiger partial charge in [0.2, 0.25) is 5.89 Å². The lowest BCUT2D eigenvalue weighted by Crippen LogP contribution is -2.03. The Bertz CT molecular complexity index is 1430. The second kappa shape index (κ2) is 6.77. The molecule has 1 aromatic carbocycles. The number of benzene rings is 1. The van der Waals surface area contributed by atoms with Gasteiger partial charge in [-0.1, -0.05) is 6.07 Å². The zero-order chi connectivity index (χ0) is 20.9. The average molecular weight is 408 g/mol. The fraction of sp³-hybridized carbons (Fsp3) is 0.167. The van der Waals surface area contributed by atoms with E-state index in [9.17, 15) is 0 Å². The SMILES string of the molecule is Cc1cc(-c2ncco2)nc2c1nc(-c1cccnc1N)n2-c1ccc2c(c1)CCC2.